The Morgan fingerprint density at radius 3 is 2.03 bits per heavy atom. The molecule has 1 fully saturated rings. The average molecular weight is 438 g/mol. The number of ether oxygens (including phenoxy) is 1. The van der Waals surface area contributed by atoms with Gasteiger partial charge in [-0.05, 0) is 30.3 Å². The van der Waals surface area contributed by atoms with Crippen molar-refractivity contribution in [2.45, 2.75) is 0 Å². The highest BCUT2D eigenvalue weighted by molar-refractivity contribution is 6.35. The monoisotopic (exact) mass is 437 g/mol. The molecule has 0 spiro atoms. The van der Waals surface area contributed by atoms with E-state index in [4.69, 9.17) is 27.9 Å². The molecule has 0 saturated carbocycles. The van der Waals surface area contributed by atoms with Gasteiger partial charge in [-0.1, -0.05) is 23.2 Å². The number of hydrogen-bond acceptors (Lipinski definition) is 5. The molecule has 2 aromatic rings. The first-order valence-electron chi connectivity index (χ1n) is 8.67. The van der Waals surface area contributed by atoms with Gasteiger partial charge in [0, 0.05) is 47.9 Å². The van der Waals surface area contributed by atoms with Crippen LogP contribution in [0.2, 0.25) is 10.0 Å². The van der Waals surface area contributed by atoms with E-state index < -0.39 is 10.8 Å². The summed E-state index contributed by atoms with van der Waals surface area (Å²) in [6, 6.07) is 8.64. The summed E-state index contributed by atoms with van der Waals surface area (Å²) in [5.41, 5.74) is 0.0318. The first-order valence-corrected chi connectivity index (χ1v) is 9.43. The molecule has 1 saturated heterocycles. The molecule has 0 radical (unpaired) electrons. The van der Waals surface area contributed by atoms with Gasteiger partial charge in [0.2, 0.25) is 0 Å². The highest BCUT2D eigenvalue weighted by Crippen LogP contribution is 2.26. The molecule has 2 amide bonds. The number of nitrogens with zero attached hydrogens (tertiary/aromatic N) is 3. The molecule has 29 heavy (non-hydrogen) atoms. The topological polar surface area (TPSA) is 93.0 Å². The number of carbonyl (C=O) groups excluding carboxylic acids is 2. The molecule has 1 aliphatic heterocycles. The lowest BCUT2D eigenvalue weighted by Gasteiger charge is -2.34. The van der Waals surface area contributed by atoms with Gasteiger partial charge in [0.25, 0.3) is 17.5 Å². The van der Waals surface area contributed by atoms with E-state index >= 15 is 0 Å². The van der Waals surface area contributed by atoms with Crippen molar-refractivity contribution in [2.75, 3.05) is 33.3 Å². The maximum absolute atomic E-state index is 12.9. The van der Waals surface area contributed by atoms with E-state index in [9.17, 15) is 19.7 Å². The normalized spacial score (nSPS) is 13.9. The summed E-state index contributed by atoms with van der Waals surface area (Å²) in [7, 11) is 1.42. The van der Waals surface area contributed by atoms with Crippen LogP contribution < -0.4 is 4.74 Å². The van der Waals surface area contributed by atoms with Gasteiger partial charge in [0.1, 0.15) is 11.3 Å². The van der Waals surface area contributed by atoms with Gasteiger partial charge in [-0.2, -0.15) is 0 Å². The fraction of sp³-hybridized carbons (Fsp3) is 0.263. The highest BCUT2D eigenvalue weighted by atomic mass is 35.5. The fourth-order valence-corrected chi connectivity index (χ4v) is 3.64. The van der Waals surface area contributed by atoms with Crippen LogP contribution in [0.15, 0.2) is 36.4 Å². The number of carbonyl (C=O) groups is 2. The van der Waals surface area contributed by atoms with Crippen molar-refractivity contribution in [3.05, 3.63) is 67.7 Å². The summed E-state index contributed by atoms with van der Waals surface area (Å²) in [4.78, 5) is 39.3. The van der Waals surface area contributed by atoms with Gasteiger partial charge in [-0.15, -0.1) is 0 Å². The number of rotatable bonds is 4. The van der Waals surface area contributed by atoms with E-state index in [0.717, 1.165) is 0 Å². The first kappa shape index (κ1) is 20.9. The van der Waals surface area contributed by atoms with Crippen molar-refractivity contribution in [2.24, 2.45) is 0 Å². The average Bonchev–Trinajstić information content (AvgIpc) is 2.71. The van der Waals surface area contributed by atoms with Crippen LogP contribution in [0.5, 0.6) is 5.75 Å². The van der Waals surface area contributed by atoms with Crippen molar-refractivity contribution in [1.82, 2.24) is 9.80 Å². The summed E-state index contributed by atoms with van der Waals surface area (Å²) in [5, 5.41) is 12.0. The van der Waals surface area contributed by atoms with Crippen LogP contribution in [-0.4, -0.2) is 59.8 Å². The van der Waals surface area contributed by atoms with Crippen LogP contribution in [0.1, 0.15) is 20.7 Å². The predicted octanol–water partition coefficient (Wildman–Crippen LogP) is 3.51. The molecular formula is C19H17Cl2N3O5. The molecule has 0 aliphatic carbocycles. The Morgan fingerprint density at radius 2 is 1.52 bits per heavy atom. The number of nitro groups is 1. The van der Waals surface area contributed by atoms with Gasteiger partial charge in [0.15, 0.2) is 0 Å². The molecule has 1 heterocycles. The summed E-state index contributed by atoms with van der Waals surface area (Å²) in [6.45, 7) is 1.05. The van der Waals surface area contributed by atoms with Crippen molar-refractivity contribution < 1.29 is 19.2 Å². The number of benzene rings is 2. The molecule has 2 aromatic carbocycles. The van der Waals surface area contributed by atoms with Crippen LogP contribution >= 0.6 is 23.2 Å². The molecule has 0 atom stereocenters. The minimum atomic E-state index is -0.602. The van der Waals surface area contributed by atoms with Crippen LogP contribution in [0.3, 0.4) is 0 Å². The van der Waals surface area contributed by atoms with E-state index in [1.807, 2.05) is 0 Å². The minimum absolute atomic E-state index is 0.0456. The van der Waals surface area contributed by atoms with Gasteiger partial charge in [-0.3, -0.25) is 19.7 Å². The van der Waals surface area contributed by atoms with Gasteiger partial charge in [0.05, 0.1) is 12.0 Å². The van der Waals surface area contributed by atoms with Crippen molar-refractivity contribution >= 4 is 40.7 Å². The Hall–Kier alpha value is -2.84. The molecule has 0 aromatic heterocycles. The zero-order chi connectivity index (χ0) is 21.1. The molecule has 0 unspecified atom stereocenters. The fourth-order valence-electron chi connectivity index (χ4n) is 3.12. The SMILES string of the molecule is COc1ccc([N+](=O)[O-])c(C(=O)N2CCN(C(=O)c3cc(Cl)cc(Cl)c3)CC2)c1. The van der Waals surface area contributed by atoms with Crippen LogP contribution in [-0.2, 0) is 0 Å². The Kier molecular flexibility index (Phi) is 6.24. The molecule has 8 nitrogen and oxygen atoms in total. The van der Waals surface area contributed by atoms with Gasteiger partial charge >= 0.3 is 0 Å². The summed E-state index contributed by atoms with van der Waals surface area (Å²) in [6.07, 6.45) is 0. The lowest BCUT2D eigenvalue weighted by molar-refractivity contribution is -0.385. The molecule has 0 N–H and O–H groups in total. The number of halogens is 2. The quantitative estimate of drug-likeness (QED) is 0.538. The Balaban J connectivity index is 1.73. The second kappa shape index (κ2) is 8.67. The molecule has 152 valence electrons. The molecule has 10 heteroatoms. The smallest absolute Gasteiger partial charge is 0.282 e. The third-order valence-corrected chi connectivity index (χ3v) is 5.03. The maximum atomic E-state index is 12.9. The van der Waals surface area contributed by atoms with E-state index in [-0.39, 0.29) is 43.3 Å². The Bertz CT molecular complexity index is 954. The van der Waals surface area contributed by atoms with Crippen LogP contribution in [0, 0.1) is 10.1 Å². The Labute approximate surface area is 176 Å². The number of piperazine rings is 1. The van der Waals surface area contributed by atoms with E-state index in [1.54, 1.807) is 4.90 Å². The predicted molar refractivity (Wildman–Crippen MR) is 108 cm³/mol. The lowest BCUT2D eigenvalue weighted by atomic mass is 10.1. The maximum Gasteiger partial charge on any atom is 0.282 e. The summed E-state index contributed by atoms with van der Waals surface area (Å²) >= 11 is 11.9. The van der Waals surface area contributed by atoms with E-state index in [1.165, 1.54) is 48.4 Å². The van der Waals surface area contributed by atoms with Crippen molar-refractivity contribution in [1.29, 1.82) is 0 Å². The number of methoxy groups -OCH3 is 1. The van der Waals surface area contributed by atoms with Crippen LogP contribution in [0.4, 0.5) is 5.69 Å². The zero-order valence-corrected chi connectivity index (χ0v) is 16.9. The second-order valence-corrected chi connectivity index (χ2v) is 7.26. The minimum Gasteiger partial charge on any atom is -0.497 e. The van der Waals surface area contributed by atoms with Gasteiger partial charge < -0.3 is 14.5 Å². The number of hydrogen-bond donors (Lipinski definition) is 0. The second-order valence-electron chi connectivity index (χ2n) is 6.38. The van der Waals surface area contributed by atoms with Crippen molar-refractivity contribution in [3.63, 3.8) is 0 Å². The van der Waals surface area contributed by atoms with E-state index in [0.29, 0.717) is 21.4 Å². The molecule has 0 bridgehead atoms. The van der Waals surface area contributed by atoms with Gasteiger partial charge in [-0.25, -0.2) is 0 Å². The largest absolute Gasteiger partial charge is 0.497 e. The highest BCUT2D eigenvalue weighted by Gasteiger charge is 2.29. The number of amides is 2. The Morgan fingerprint density at radius 1 is 0.966 bits per heavy atom. The van der Waals surface area contributed by atoms with Crippen LogP contribution in [0.25, 0.3) is 0 Å². The summed E-state index contributed by atoms with van der Waals surface area (Å²) < 4.78 is 5.08. The third kappa shape index (κ3) is 4.60. The standard InChI is InChI=1S/C19H17Cl2N3O5/c1-29-15-2-3-17(24(27)28)16(11-15)19(26)23-6-4-22(5-7-23)18(25)12-8-13(20)10-14(21)9-12/h2-3,8-11H,4-7H2,1H3. The summed E-state index contributed by atoms with van der Waals surface area (Å²) in [5.74, 6) is -0.368. The molecular weight excluding hydrogens is 421 g/mol. The van der Waals surface area contributed by atoms with E-state index in [2.05, 4.69) is 0 Å². The number of nitro benzene ring substituents is 1. The zero-order valence-electron chi connectivity index (χ0n) is 15.4. The molecule has 3 rings (SSSR count). The first-order chi connectivity index (χ1) is 13.8. The molecule has 1 aliphatic rings. The van der Waals surface area contributed by atoms with Crippen molar-refractivity contribution in [3.8, 4) is 5.75 Å². The third-order valence-electron chi connectivity index (χ3n) is 4.59. The lowest BCUT2D eigenvalue weighted by Crippen LogP contribution is -2.50.